The fraction of sp³-hybridized carbons (Fsp3) is 0.103. The minimum absolute atomic E-state index is 0.0833. The third-order valence-corrected chi connectivity index (χ3v) is 6.63. The molecule has 0 N–H and O–H groups in total. The zero-order valence-electron chi connectivity index (χ0n) is 18.2. The van der Waals surface area contributed by atoms with E-state index in [-0.39, 0.29) is 6.04 Å². The fourth-order valence-corrected chi connectivity index (χ4v) is 4.87. The third kappa shape index (κ3) is 3.55. The molecule has 33 heavy (non-hydrogen) atoms. The van der Waals surface area contributed by atoms with Crippen LogP contribution in [0.15, 0.2) is 102 Å². The lowest BCUT2D eigenvalue weighted by Crippen LogP contribution is -2.21. The summed E-state index contributed by atoms with van der Waals surface area (Å²) in [7, 11) is 0. The van der Waals surface area contributed by atoms with Gasteiger partial charge in [0.15, 0.2) is 5.82 Å². The molecule has 0 aliphatic carbocycles. The predicted octanol–water partition coefficient (Wildman–Crippen LogP) is 7.78. The van der Waals surface area contributed by atoms with Crippen molar-refractivity contribution in [3.05, 3.63) is 119 Å². The zero-order chi connectivity index (χ0) is 22.4. The molecular formula is C29H22ClN3. The molecule has 0 saturated carbocycles. The van der Waals surface area contributed by atoms with Crippen molar-refractivity contribution < 1.29 is 0 Å². The molecular weight excluding hydrogens is 426 g/mol. The number of rotatable bonds is 3. The summed E-state index contributed by atoms with van der Waals surface area (Å²) < 4.78 is 2.10. The molecule has 0 unspecified atom stereocenters. The van der Waals surface area contributed by atoms with E-state index in [0.717, 1.165) is 45.4 Å². The molecule has 5 aromatic rings. The Bertz CT molecular complexity index is 1500. The molecule has 0 bridgehead atoms. The molecule has 1 aliphatic heterocycles. The number of halogens is 1. The molecule has 1 aliphatic rings. The average molecular weight is 448 g/mol. The Kier molecular flexibility index (Phi) is 4.85. The van der Waals surface area contributed by atoms with Crippen molar-refractivity contribution in [2.75, 3.05) is 0 Å². The summed E-state index contributed by atoms with van der Waals surface area (Å²) >= 11 is 6.16. The van der Waals surface area contributed by atoms with Crippen LogP contribution in [0.1, 0.15) is 29.3 Å². The van der Waals surface area contributed by atoms with Crippen molar-refractivity contribution in [1.82, 2.24) is 9.78 Å². The number of aliphatic imine (C=N–C) groups is 1. The van der Waals surface area contributed by atoms with Crippen LogP contribution in [0.3, 0.4) is 0 Å². The Hall–Kier alpha value is -3.69. The van der Waals surface area contributed by atoms with Gasteiger partial charge in [0.05, 0.1) is 17.4 Å². The molecule has 0 amide bonds. The second kappa shape index (κ2) is 8.02. The van der Waals surface area contributed by atoms with Gasteiger partial charge in [-0.1, -0.05) is 90.5 Å². The molecule has 1 aromatic heterocycles. The van der Waals surface area contributed by atoms with Gasteiger partial charge in [-0.25, -0.2) is 9.67 Å². The Morgan fingerprint density at radius 3 is 2.27 bits per heavy atom. The fourth-order valence-electron chi connectivity index (χ4n) is 4.74. The van der Waals surface area contributed by atoms with Crippen molar-refractivity contribution >= 4 is 33.9 Å². The molecule has 0 radical (unpaired) electrons. The summed E-state index contributed by atoms with van der Waals surface area (Å²) in [4.78, 5) is 5.20. The Balaban J connectivity index is 1.56. The highest BCUT2D eigenvalue weighted by Gasteiger charge is 2.29. The average Bonchev–Trinajstić information content (AvgIpc) is 3.20. The summed E-state index contributed by atoms with van der Waals surface area (Å²) in [6.07, 6.45) is 0.788. The van der Waals surface area contributed by atoms with Crippen molar-refractivity contribution in [2.24, 2.45) is 4.99 Å². The molecule has 0 saturated heterocycles. The third-order valence-electron chi connectivity index (χ3n) is 6.38. The molecule has 160 valence electrons. The van der Waals surface area contributed by atoms with Crippen molar-refractivity contribution in [2.45, 2.75) is 19.4 Å². The first-order valence-corrected chi connectivity index (χ1v) is 11.5. The first-order valence-electron chi connectivity index (χ1n) is 11.1. The number of aromatic nitrogens is 2. The molecule has 0 spiro atoms. The largest absolute Gasteiger partial charge is 0.239 e. The van der Waals surface area contributed by atoms with Crippen LogP contribution in [-0.4, -0.2) is 15.5 Å². The van der Waals surface area contributed by atoms with Crippen LogP contribution in [0.25, 0.3) is 21.9 Å². The maximum atomic E-state index is 6.16. The van der Waals surface area contributed by atoms with E-state index in [2.05, 4.69) is 84.4 Å². The van der Waals surface area contributed by atoms with Crippen molar-refractivity contribution in [1.29, 1.82) is 0 Å². The van der Waals surface area contributed by atoms with Gasteiger partial charge in [0, 0.05) is 17.0 Å². The van der Waals surface area contributed by atoms with Gasteiger partial charge >= 0.3 is 0 Å². The van der Waals surface area contributed by atoms with E-state index in [1.165, 1.54) is 16.3 Å². The molecule has 4 heteroatoms. The minimum Gasteiger partial charge on any atom is -0.239 e. The summed E-state index contributed by atoms with van der Waals surface area (Å²) in [5.74, 6) is 0.901. The minimum atomic E-state index is 0.0833. The number of benzene rings is 4. The van der Waals surface area contributed by atoms with Gasteiger partial charge in [-0.15, -0.1) is 0 Å². The summed E-state index contributed by atoms with van der Waals surface area (Å²) in [6, 6.07) is 33.7. The van der Waals surface area contributed by atoms with Gasteiger partial charge in [-0.3, -0.25) is 0 Å². The first kappa shape index (κ1) is 20.0. The van der Waals surface area contributed by atoms with Gasteiger partial charge < -0.3 is 0 Å². The monoisotopic (exact) mass is 447 g/mol. The van der Waals surface area contributed by atoms with Crippen LogP contribution in [0.2, 0.25) is 5.02 Å². The van der Waals surface area contributed by atoms with Crippen LogP contribution in [-0.2, 0) is 0 Å². The molecule has 3 nitrogen and oxygen atoms in total. The van der Waals surface area contributed by atoms with Crippen LogP contribution in [0.4, 0.5) is 5.82 Å². The number of aryl methyl sites for hydroxylation is 1. The molecule has 4 aromatic carbocycles. The Morgan fingerprint density at radius 1 is 0.788 bits per heavy atom. The topological polar surface area (TPSA) is 30.2 Å². The van der Waals surface area contributed by atoms with E-state index in [4.69, 9.17) is 21.7 Å². The number of fused-ring (bicyclic) bond motifs is 2. The van der Waals surface area contributed by atoms with Gasteiger partial charge in [0.1, 0.15) is 0 Å². The normalized spacial score (nSPS) is 15.3. The summed E-state index contributed by atoms with van der Waals surface area (Å²) in [5.41, 5.74) is 6.58. The molecule has 0 fully saturated rings. The molecule has 2 heterocycles. The summed E-state index contributed by atoms with van der Waals surface area (Å²) in [6.45, 7) is 2.06. The van der Waals surface area contributed by atoms with Crippen molar-refractivity contribution in [3.8, 4) is 11.1 Å². The number of nitrogens with zero attached hydrogens (tertiary/aromatic N) is 3. The van der Waals surface area contributed by atoms with E-state index < -0.39 is 0 Å². The SMILES string of the molecule is Cc1nn2c(c1-c1ccc(Cl)cc1)N=C(c1ccc3ccccc3c1)C[C@@H]2c1ccccc1. The highest BCUT2D eigenvalue weighted by Crippen LogP contribution is 2.42. The highest BCUT2D eigenvalue weighted by atomic mass is 35.5. The number of hydrogen-bond donors (Lipinski definition) is 0. The number of hydrogen-bond acceptors (Lipinski definition) is 2. The van der Waals surface area contributed by atoms with E-state index in [1.807, 2.05) is 24.3 Å². The van der Waals surface area contributed by atoms with Gasteiger partial charge in [0.25, 0.3) is 0 Å². The van der Waals surface area contributed by atoms with Gasteiger partial charge in [-0.2, -0.15) is 5.10 Å². The molecule has 6 rings (SSSR count). The lowest BCUT2D eigenvalue weighted by molar-refractivity contribution is 0.529. The lowest BCUT2D eigenvalue weighted by Gasteiger charge is -2.25. The second-order valence-corrected chi connectivity index (χ2v) is 8.92. The van der Waals surface area contributed by atoms with Crippen LogP contribution >= 0.6 is 11.6 Å². The quantitative estimate of drug-likeness (QED) is 0.277. The lowest BCUT2D eigenvalue weighted by atomic mass is 9.94. The van der Waals surface area contributed by atoms with E-state index in [1.54, 1.807) is 0 Å². The zero-order valence-corrected chi connectivity index (χ0v) is 19.0. The van der Waals surface area contributed by atoms with Crippen molar-refractivity contribution in [3.63, 3.8) is 0 Å². The first-order chi connectivity index (χ1) is 16.2. The second-order valence-electron chi connectivity index (χ2n) is 8.49. The van der Waals surface area contributed by atoms with Crippen LogP contribution < -0.4 is 0 Å². The molecule has 1 atom stereocenters. The Morgan fingerprint density at radius 2 is 1.48 bits per heavy atom. The van der Waals surface area contributed by atoms with Gasteiger partial charge in [0.2, 0.25) is 0 Å². The van der Waals surface area contributed by atoms with Crippen LogP contribution in [0, 0.1) is 6.92 Å². The highest BCUT2D eigenvalue weighted by molar-refractivity contribution is 6.30. The van der Waals surface area contributed by atoms with Gasteiger partial charge in [-0.05, 0) is 52.6 Å². The van der Waals surface area contributed by atoms with E-state index in [0.29, 0.717) is 0 Å². The summed E-state index contributed by atoms with van der Waals surface area (Å²) in [5, 5.41) is 8.14. The Labute approximate surface area is 198 Å². The van der Waals surface area contributed by atoms with Crippen LogP contribution in [0.5, 0.6) is 0 Å². The van der Waals surface area contributed by atoms with E-state index in [9.17, 15) is 0 Å². The standard InChI is InChI=1S/C29H22ClN3/c1-19-28(22-13-15-25(30)16-14-22)29-31-26(24-12-11-20-7-5-6-10-23(20)17-24)18-27(33(29)32-19)21-8-3-2-4-9-21/h2-17,27H,18H2,1H3/t27-/m1/s1. The predicted molar refractivity (Wildman–Crippen MR) is 137 cm³/mol. The maximum Gasteiger partial charge on any atom is 0.159 e. The smallest absolute Gasteiger partial charge is 0.159 e. The maximum absolute atomic E-state index is 6.16. The van der Waals surface area contributed by atoms with E-state index >= 15 is 0 Å².